The number of rotatable bonds is 2. The molecule has 1 aromatic carbocycles. The summed E-state index contributed by atoms with van der Waals surface area (Å²) in [5.74, 6) is 0.0000720. The molecule has 19 heavy (non-hydrogen) atoms. The fourth-order valence-electron chi connectivity index (χ4n) is 2.73. The van der Waals surface area contributed by atoms with E-state index in [9.17, 15) is 4.79 Å². The molecule has 1 N–H and O–H groups in total. The molecule has 5 heteroatoms. The Morgan fingerprint density at radius 3 is 2.89 bits per heavy atom. The zero-order chi connectivity index (χ0) is 13.6. The van der Waals surface area contributed by atoms with Crippen LogP contribution < -0.4 is 5.32 Å². The van der Waals surface area contributed by atoms with Gasteiger partial charge in [-0.2, -0.15) is 0 Å². The lowest BCUT2D eigenvalue weighted by Gasteiger charge is -2.19. The van der Waals surface area contributed by atoms with Gasteiger partial charge < -0.3 is 10.1 Å². The minimum Gasteiger partial charge on any atom is -0.373 e. The molecule has 0 aromatic heterocycles. The number of hydrogen-bond acceptors (Lipinski definition) is 2. The maximum Gasteiger partial charge on any atom is 0.228 e. The largest absolute Gasteiger partial charge is 0.373 e. The molecular weight excluding hydrogens is 285 g/mol. The Labute approximate surface area is 122 Å². The molecule has 3 unspecified atom stereocenters. The van der Waals surface area contributed by atoms with Gasteiger partial charge >= 0.3 is 0 Å². The summed E-state index contributed by atoms with van der Waals surface area (Å²) in [7, 11) is 0. The fraction of sp³-hybridized carbons (Fsp3) is 0.500. The number of hydrogen-bond donors (Lipinski definition) is 1. The molecule has 0 bridgehead atoms. The molecule has 1 amide bonds. The van der Waals surface area contributed by atoms with Crippen molar-refractivity contribution in [1.29, 1.82) is 0 Å². The van der Waals surface area contributed by atoms with Crippen molar-refractivity contribution in [1.82, 2.24) is 0 Å². The predicted octanol–water partition coefficient (Wildman–Crippen LogP) is 3.68. The fourth-order valence-corrected chi connectivity index (χ4v) is 3.43. The third-order valence-electron chi connectivity index (χ3n) is 3.74. The third kappa shape index (κ3) is 2.47. The van der Waals surface area contributed by atoms with E-state index in [1.807, 2.05) is 6.07 Å². The van der Waals surface area contributed by atoms with E-state index in [2.05, 4.69) is 12.2 Å². The summed E-state index contributed by atoms with van der Waals surface area (Å²) < 4.78 is 5.80. The summed E-state index contributed by atoms with van der Waals surface area (Å²) in [5, 5.41) is 3.11. The minimum atomic E-state index is -0.265. The van der Waals surface area contributed by atoms with E-state index in [0.29, 0.717) is 11.4 Å². The second-order valence-electron chi connectivity index (χ2n) is 5.22. The van der Waals surface area contributed by atoms with E-state index < -0.39 is 0 Å². The van der Waals surface area contributed by atoms with Crippen LogP contribution in [0.2, 0.25) is 5.02 Å². The Morgan fingerprint density at radius 2 is 2.21 bits per heavy atom. The van der Waals surface area contributed by atoms with E-state index in [4.69, 9.17) is 27.9 Å². The van der Waals surface area contributed by atoms with Crippen molar-refractivity contribution in [3.63, 3.8) is 0 Å². The molecule has 1 saturated heterocycles. The summed E-state index contributed by atoms with van der Waals surface area (Å²) in [6.45, 7) is 2.05. The smallest absolute Gasteiger partial charge is 0.228 e. The normalized spacial score (nSPS) is 27.2. The second-order valence-corrected chi connectivity index (χ2v) is 6.10. The molecule has 0 aliphatic carbocycles. The number of benzene rings is 1. The molecule has 0 radical (unpaired) electrons. The first kappa shape index (κ1) is 13.2. The van der Waals surface area contributed by atoms with Gasteiger partial charge in [0.05, 0.1) is 24.0 Å². The number of nitrogens with one attached hydrogen (secondary N) is 1. The van der Waals surface area contributed by atoms with Crippen LogP contribution in [0.15, 0.2) is 12.1 Å². The molecule has 2 heterocycles. The molecule has 3 atom stereocenters. The summed E-state index contributed by atoms with van der Waals surface area (Å²) in [6.07, 6.45) is 2.61. The molecule has 2 aliphatic heterocycles. The van der Waals surface area contributed by atoms with Crippen LogP contribution in [0.1, 0.15) is 36.3 Å². The van der Waals surface area contributed by atoms with E-state index in [1.54, 1.807) is 6.07 Å². The molecule has 102 valence electrons. The minimum absolute atomic E-state index is 0.0000720. The Morgan fingerprint density at radius 1 is 1.42 bits per heavy atom. The highest BCUT2D eigenvalue weighted by atomic mass is 35.5. The molecule has 0 spiro atoms. The lowest BCUT2D eigenvalue weighted by atomic mass is 10.0. The molecule has 0 saturated carbocycles. The van der Waals surface area contributed by atoms with Crippen molar-refractivity contribution in [2.75, 3.05) is 5.32 Å². The zero-order valence-corrected chi connectivity index (χ0v) is 12.1. The highest BCUT2D eigenvalue weighted by Gasteiger charge is 2.31. The van der Waals surface area contributed by atoms with Gasteiger partial charge in [-0.05, 0) is 37.0 Å². The van der Waals surface area contributed by atoms with Crippen molar-refractivity contribution in [2.45, 2.75) is 43.8 Å². The average molecular weight is 300 g/mol. The standard InChI is InChI=1S/C14H15Cl2NO2/c1-7-2-3-12(19-7)14(16)9-4-8-5-13(18)17-11(8)6-10(9)15/h4,6-7,12,14H,2-3,5H2,1H3,(H,17,18). The number of anilines is 1. The average Bonchev–Trinajstić information content (AvgIpc) is 2.92. The van der Waals surface area contributed by atoms with Gasteiger partial charge in [0.25, 0.3) is 0 Å². The van der Waals surface area contributed by atoms with Crippen LogP contribution in [-0.2, 0) is 16.0 Å². The van der Waals surface area contributed by atoms with Crippen LogP contribution in [0, 0.1) is 0 Å². The van der Waals surface area contributed by atoms with Crippen LogP contribution in [0.3, 0.4) is 0 Å². The highest BCUT2D eigenvalue weighted by Crippen LogP contribution is 2.40. The Kier molecular flexibility index (Phi) is 3.46. The monoisotopic (exact) mass is 299 g/mol. The number of alkyl halides is 1. The quantitative estimate of drug-likeness (QED) is 0.846. The second kappa shape index (κ2) is 4.97. The van der Waals surface area contributed by atoms with Crippen LogP contribution in [0.4, 0.5) is 5.69 Å². The van der Waals surface area contributed by atoms with Crippen molar-refractivity contribution in [3.8, 4) is 0 Å². The molecule has 3 rings (SSSR count). The molecular formula is C14H15Cl2NO2. The van der Waals surface area contributed by atoms with Crippen molar-refractivity contribution in [2.24, 2.45) is 0 Å². The molecule has 2 aliphatic rings. The number of halogens is 2. The van der Waals surface area contributed by atoms with Gasteiger partial charge in [-0.15, -0.1) is 11.6 Å². The van der Waals surface area contributed by atoms with Gasteiger partial charge in [0.1, 0.15) is 0 Å². The van der Waals surface area contributed by atoms with Crippen LogP contribution in [0.25, 0.3) is 0 Å². The van der Waals surface area contributed by atoms with E-state index in [0.717, 1.165) is 29.7 Å². The van der Waals surface area contributed by atoms with Crippen LogP contribution in [-0.4, -0.2) is 18.1 Å². The van der Waals surface area contributed by atoms with E-state index in [1.165, 1.54) is 0 Å². The lowest BCUT2D eigenvalue weighted by molar-refractivity contribution is -0.115. The van der Waals surface area contributed by atoms with Gasteiger partial charge in [-0.3, -0.25) is 4.79 Å². The first-order valence-electron chi connectivity index (χ1n) is 6.46. The summed E-state index contributed by atoms with van der Waals surface area (Å²) >= 11 is 12.8. The third-order valence-corrected chi connectivity index (χ3v) is 4.58. The first-order chi connectivity index (χ1) is 9.04. The van der Waals surface area contributed by atoms with Gasteiger partial charge in [0.2, 0.25) is 5.91 Å². The van der Waals surface area contributed by atoms with E-state index >= 15 is 0 Å². The van der Waals surface area contributed by atoms with Crippen LogP contribution >= 0.6 is 23.2 Å². The zero-order valence-electron chi connectivity index (χ0n) is 10.6. The van der Waals surface area contributed by atoms with Gasteiger partial charge in [-0.1, -0.05) is 17.7 Å². The molecule has 1 aromatic rings. The van der Waals surface area contributed by atoms with Gasteiger partial charge in [0.15, 0.2) is 0 Å². The highest BCUT2D eigenvalue weighted by molar-refractivity contribution is 6.33. The Hall–Kier alpha value is -0.770. The number of ether oxygens (including phenoxy) is 1. The number of carbonyl (C=O) groups excluding carboxylic acids is 1. The number of amides is 1. The summed E-state index contributed by atoms with van der Waals surface area (Å²) in [5.41, 5.74) is 2.61. The van der Waals surface area contributed by atoms with Gasteiger partial charge in [-0.25, -0.2) is 0 Å². The van der Waals surface area contributed by atoms with Crippen LogP contribution in [0.5, 0.6) is 0 Å². The molecule has 1 fully saturated rings. The number of carbonyl (C=O) groups is 1. The maximum atomic E-state index is 11.4. The lowest BCUT2D eigenvalue weighted by Crippen LogP contribution is -2.15. The predicted molar refractivity (Wildman–Crippen MR) is 75.9 cm³/mol. The van der Waals surface area contributed by atoms with Crippen molar-refractivity contribution >= 4 is 34.8 Å². The van der Waals surface area contributed by atoms with E-state index in [-0.39, 0.29) is 23.5 Å². The summed E-state index contributed by atoms with van der Waals surface area (Å²) in [6, 6.07) is 3.71. The SMILES string of the molecule is CC1CCC(C(Cl)c2cc3c(cc2Cl)NC(=O)C3)O1. The Balaban J connectivity index is 1.89. The van der Waals surface area contributed by atoms with Gasteiger partial charge in [0, 0.05) is 10.7 Å². The molecule has 3 nitrogen and oxygen atoms in total. The number of fused-ring (bicyclic) bond motifs is 1. The maximum absolute atomic E-state index is 11.4. The summed E-state index contributed by atoms with van der Waals surface area (Å²) in [4.78, 5) is 11.4. The van der Waals surface area contributed by atoms with Crippen molar-refractivity contribution in [3.05, 3.63) is 28.3 Å². The first-order valence-corrected chi connectivity index (χ1v) is 7.27. The van der Waals surface area contributed by atoms with Crippen molar-refractivity contribution < 1.29 is 9.53 Å². The Bertz CT molecular complexity index is 532. The topological polar surface area (TPSA) is 38.3 Å².